The molecular formula is C15H12F5N3. The smallest absolute Gasteiger partial charge is 0.347 e. The highest BCUT2D eigenvalue weighted by Crippen LogP contribution is 2.37. The van der Waals surface area contributed by atoms with Crippen LogP contribution in [-0.4, -0.2) is 16.5 Å². The molecule has 0 saturated carbocycles. The molecular weight excluding hydrogens is 317 g/mol. The van der Waals surface area contributed by atoms with E-state index in [9.17, 15) is 22.0 Å². The van der Waals surface area contributed by atoms with Gasteiger partial charge in [0.2, 0.25) is 5.82 Å². The van der Waals surface area contributed by atoms with Crippen LogP contribution in [0.3, 0.4) is 0 Å². The van der Waals surface area contributed by atoms with E-state index in [0.29, 0.717) is 24.9 Å². The second kappa shape index (κ2) is 5.75. The van der Waals surface area contributed by atoms with Crippen LogP contribution >= 0.6 is 0 Å². The van der Waals surface area contributed by atoms with Crippen LogP contribution in [0.15, 0.2) is 30.6 Å². The SMILES string of the molecule is Fc1ncnc(N2CCCC2c2ccc(C(F)(F)F)cc2)c1F. The van der Waals surface area contributed by atoms with Crippen molar-refractivity contribution in [1.29, 1.82) is 0 Å². The molecule has 1 aromatic carbocycles. The molecule has 8 heteroatoms. The van der Waals surface area contributed by atoms with Crippen LogP contribution in [0.25, 0.3) is 0 Å². The van der Waals surface area contributed by atoms with Gasteiger partial charge in [-0.05, 0) is 30.5 Å². The van der Waals surface area contributed by atoms with Crippen molar-refractivity contribution in [2.24, 2.45) is 0 Å². The van der Waals surface area contributed by atoms with E-state index in [4.69, 9.17) is 0 Å². The Balaban J connectivity index is 1.91. The summed E-state index contributed by atoms with van der Waals surface area (Å²) >= 11 is 0. The van der Waals surface area contributed by atoms with Crippen LogP contribution in [0.1, 0.15) is 30.0 Å². The number of anilines is 1. The molecule has 0 radical (unpaired) electrons. The van der Waals surface area contributed by atoms with Gasteiger partial charge in [0.15, 0.2) is 5.82 Å². The van der Waals surface area contributed by atoms with E-state index in [-0.39, 0.29) is 11.9 Å². The zero-order valence-electron chi connectivity index (χ0n) is 11.8. The summed E-state index contributed by atoms with van der Waals surface area (Å²) in [6.07, 6.45) is -2.15. The minimum absolute atomic E-state index is 0.167. The molecule has 23 heavy (non-hydrogen) atoms. The van der Waals surface area contributed by atoms with E-state index in [0.717, 1.165) is 18.5 Å². The highest BCUT2D eigenvalue weighted by Gasteiger charge is 2.33. The van der Waals surface area contributed by atoms with Gasteiger partial charge in [0.25, 0.3) is 5.95 Å². The first kappa shape index (κ1) is 15.6. The molecule has 1 fully saturated rings. The van der Waals surface area contributed by atoms with Crippen molar-refractivity contribution < 1.29 is 22.0 Å². The van der Waals surface area contributed by atoms with Gasteiger partial charge >= 0.3 is 6.18 Å². The Kier molecular flexibility index (Phi) is 3.91. The second-order valence-corrected chi connectivity index (χ2v) is 5.27. The first-order valence-electron chi connectivity index (χ1n) is 6.97. The molecule has 1 aliphatic rings. The summed E-state index contributed by atoms with van der Waals surface area (Å²) in [6.45, 7) is 0.444. The average Bonchev–Trinajstić information content (AvgIpc) is 2.98. The van der Waals surface area contributed by atoms with E-state index in [2.05, 4.69) is 9.97 Å². The van der Waals surface area contributed by atoms with Crippen molar-refractivity contribution in [3.63, 3.8) is 0 Å². The van der Waals surface area contributed by atoms with Gasteiger partial charge in [0.05, 0.1) is 11.6 Å². The third-order valence-corrected chi connectivity index (χ3v) is 3.88. The van der Waals surface area contributed by atoms with E-state index in [1.54, 1.807) is 4.90 Å². The number of hydrogen-bond donors (Lipinski definition) is 0. The van der Waals surface area contributed by atoms with Crippen molar-refractivity contribution in [3.8, 4) is 0 Å². The lowest BCUT2D eigenvalue weighted by Gasteiger charge is -2.26. The fraction of sp³-hybridized carbons (Fsp3) is 0.333. The predicted molar refractivity (Wildman–Crippen MR) is 72.7 cm³/mol. The summed E-state index contributed by atoms with van der Waals surface area (Å²) < 4.78 is 65.0. The summed E-state index contributed by atoms with van der Waals surface area (Å²) in [6, 6.07) is 4.36. The number of hydrogen-bond acceptors (Lipinski definition) is 3. The zero-order valence-corrected chi connectivity index (χ0v) is 11.8. The highest BCUT2D eigenvalue weighted by atomic mass is 19.4. The molecule has 1 saturated heterocycles. The number of benzene rings is 1. The van der Waals surface area contributed by atoms with Crippen LogP contribution in [0.5, 0.6) is 0 Å². The van der Waals surface area contributed by atoms with Gasteiger partial charge in [-0.3, -0.25) is 0 Å². The molecule has 0 N–H and O–H groups in total. The van der Waals surface area contributed by atoms with Gasteiger partial charge in [-0.25, -0.2) is 9.97 Å². The molecule has 3 nitrogen and oxygen atoms in total. The van der Waals surface area contributed by atoms with Crippen molar-refractivity contribution in [3.05, 3.63) is 53.5 Å². The van der Waals surface area contributed by atoms with Crippen LogP contribution < -0.4 is 4.90 Å². The van der Waals surface area contributed by atoms with Gasteiger partial charge in [-0.15, -0.1) is 0 Å². The van der Waals surface area contributed by atoms with Gasteiger partial charge in [-0.2, -0.15) is 22.0 Å². The number of halogens is 5. The molecule has 0 bridgehead atoms. The van der Waals surface area contributed by atoms with Crippen LogP contribution in [0, 0.1) is 11.8 Å². The second-order valence-electron chi connectivity index (χ2n) is 5.27. The molecule has 1 aromatic heterocycles. The first-order chi connectivity index (χ1) is 10.9. The normalized spacial score (nSPS) is 18.5. The zero-order chi connectivity index (χ0) is 16.6. The summed E-state index contributed by atoms with van der Waals surface area (Å²) in [5.41, 5.74) is -0.140. The highest BCUT2D eigenvalue weighted by molar-refractivity contribution is 5.45. The lowest BCUT2D eigenvalue weighted by molar-refractivity contribution is -0.137. The maximum Gasteiger partial charge on any atom is 0.416 e. The molecule has 122 valence electrons. The predicted octanol–water partition coefficient (Wildman–Crippen LogP) is 4.12. The van der Waals surface area contributed by atoms with Crippen molar-refractivity contribution in [2.45, 2.75) is 25.1 Å². The molecule has 2 heterocycles. The third-order valence-electron chi connectivity index (χ3n) is 3.88. The topological polar surface area (TPSA) is 29.0 Å². The molecule has 2 aromatic rings. The summed E-state index contributed by atoms with van der Waals surface area (Å²) in [4.78, 5) is 8.47. The van der Waals surface area contributed by atoms with E-state index < -0.39 is 23.5 Å². The van der Waals surface area contributed by atoms with Gasteiger partial charge in [-0.1, -0.05) is 12.1 Å². The lowest BCUT2D eigenvalue weighted by atomic mass is 10.0. The van der Waals surface area contributed by atoms with Crippen LogP contribution in [0.2, 0.25) is 0 Å². The van der Waals surface area contributed by atoms with Crippen LogP contribution in [-0.2, 0) is 6.18 Å². The molecule has 1 atom stereocenters. The van der Waals surface area contributed by atoms with Crippen molar-refractivity contribution in [1.82, 2.24) is 9.97 Å². The maximum atomic E-state index is 13.9. The number of nitrogens with zero attached hydrogens (tertiary/aromatic N) is 3. The summed E-state index contributed by atoms with van der Waals surface area (Å²) in [5.74, 6) is -2.56. The molecule has 1 unspecified atom stereocenters. The molecule has 0 spiro atoms. The van der Waals surface area contributed by atoms with E-state index in [1.165, 1.54) is 12.1 Å². The van der Waals surface area contributed by atoms with Gasteiger partial charge in [0.1, 0.15) is 6.33 Å². The van der Waals surface area contributed by atoms with Gasteiger partial charge in [0, 0.05) is 6.54 Å². The monoisotopic (exact) mass is 329 g/mol. The summed E-state index contributed by atoms with van der Waals surface area (Å²) in [5, 5.41) is 0. The molecule has 0 amide bonds. The minimum Gasteiger partial charge on any atom is -0.347 e. The lowest BCUT2D eigenvalue weighted by Crippen LogP contribution is -2.25. The van der Waals surface area contributed by atoms with Crippen molar-refractivity contribution in [2.75, 3.05) is 11.4 Å². The van der Waals surface area contributed by atoms with Gasteiger partial charge < -0.3 is 4.90 Å². The Morgan fingerprint density at radius 2 is 1.74 bits per heavy atom. The Morgan fingerprint density at radius 3 is 2.39 bits per heavy atom. The van der Waals surface area contributed by atoms with E-state index in [1.807, 2.05) is 0 Å². The Morgan fingerprint density at radius 1 is 1.04 bits per heavy atom. The Labute approximate surface area is 128 Å². The fourth-order valence-electron chi connectivity index (χ4n) is 2.80. The number of aromatic nitrogens is 2. The van der Waals surface area contributed by atoms with Crippen LogP contribution in [0.4, 0.5) is 27.8 Å². The average molecular weight is 329 g/mol. The number of rotatable bonds is 2. The molecule has 0 aliphatic carbocycles. The standard InChI is InChI=1S/C15H12F5N3/c16-12-13(17)21-8-22-14(12)23-7-1-2-11(23)9-3-5-10(6-4-9)15(18,19)20/h3-6,8,11H,1-2,7H2. The Hall–Kier alpha value is -2.25. The largest absolute Gasteiger partial charge is 0.416 e. The number of alkyl halides is 3. The molecule has 3 rings (SSSR count). The summed E-state index contributed by atoms with van der Waals surface area (Å²) in [7, 11) is 0. The molecule has 1 aliphatic heterocycles. The maximum absolute atomic E-state index is 13.9. The Bertz CT molecular complexity index is 699. The quantitative estimate of drug-likeness (QED) is 0.613. The van der Waals surface area contributed by atoms with Crippen molar-refractivity contribution >= 4 is 5.82 Å². The van der Waals surface area contributed by atoms with E-state index >= 15 is 0 Å². The minimum atomic E-state index is -4.41. The first-order valence-corrected chi connectivity index (χ1v) is 6.97. The third kappa shape index (κ3) is 2.97. The fourth-order valence-corrected chi connectivity index (χ4v) is 2.80.